The summed E-state index contributed by atoms with van der Waals surface area (Å²) in [6, 6.07) is 1.85. The summed E-state index contributed by atoms with van der Waals surface area (Å²) in [6.45, 7) is 1.33. The van der Waals surface area contributed by atoms with Gasteiger partial charge in [0.2, 0.25) is 0 Å². The number of nitrogens with one attached hydrogen (secondary N) is 1. The van der Waals surface area contributed by atoms with Gasteiger partial charge in [-0.15, -0.1) is 0 Å². The maximum Gasteiger partial charge on any atom is 0.149 e. The first-order valence-corrected chi connectivity index (χ1v) is 6.26. The minimum absolute atomic E-state index is 0.585. The van der Waals surface area contributed by atoms with Crippen LogP contribution in [0.1, 0.15) is 18.3 Å². The van der Waals surface area contributed by atoms with Gasteiger partial charge in [-0.25, -0.2) is 4.98 Å². The highest BCUT2D eigenvalue weighted by Crippen LogP contribution is 2.28. The summed E-state index contributed by atoms with van der Waals surface area (Å²) in [6.07, 6.45) is 5.20. The molecule has 0 aliphatic carbocycles. The Labute approximate surface area is 111 Å². The third kappa shape index (κ3) is 2.32. The summed E-state index contributed by atoms with van der Waals surface area (Å²) in [5, 5.41) is 10.2. The molecule has 2 N–H and O–H groups in total. The van der Waals surface area contributed by atoms with E-state index in [1.807, 2.05) is 18.0 Å². The number of hydrogen-bond acceptors (Lipinski definition) is 5. The number of H-pyrrole nitrogens is 1. The lowest BCUT2D eigenvalue weighted by Crippen LogP contribution is -2.26. The van der Waals surface area contributed by atoms with Gasteiger partial charge in [0.25, 0.3) is 0 Å². The van der Waals surface area contributed by atoms with Crippen molar-refractivity contribution in [3.63, 3.8) is 0 Å². The fourth-order valence-corrected chi connectivity index (χ4v) is 2.15. The van der Waals surface area contributed by atoms with E-state index >= 15 is 0 Å². The lowest BCUT2D eigenvalue weighted by atomic mass is 10.2. The van der Waals surface area contributed by atoms with Gasteiger partial charge in [0.1, 0.15) is 17.8 Å². The molecule has 1 atom stereocenters. The Balaban J connectivity index is 2.05. The number of hydrogen-bond donors (Lipinski definition) is 2. The summed E-state index contributed by atoms with van der Waals surface area (Å²) >= 11 is 0. The third-order valence-corrected chi connectivity index (χ3v) is 3.24. The fourth-order valence-electron chi connectivity index (χ4n) is 2.15. The van der Waals surface area contributed by atoms with Crippen LogP contribution in [-0.4, -0.2) is 45.2 Å². The van der Waals surface area contributed by atoms with Crippen molar-refractivity contribution in [1.82, 2.24) is 19.9 Å². The largest absolute Gasteiger partial charge is 0.491 e. The molecule has 2 aromatic rings. The number of fused-ring (bicyclic) bond motifs is 4. The molecule has 1 unspecified atom stereocenters. The molecule has 0 radical (unpaired) electrons. The average Bonchev–Trinajstić information content (AvgIpc) is 2.91. The Morgan fingerprint density at radius 3 is 3.26 bits per heavy atom. The van der Waals surface area contributed by atoms with Crippen LogP contribution in [0.4, 0.5) is 0 Å². The Morgan fingerprint density at radius 1 is 1.47 bits per heavy atom. The van der Waals surface area contributed by atoms with Crippen molar-refractivity contribution in [2.24, 2.45) is 0 Å². The zero-order chi connectivity index (χ0) is 13.2. The maximum absolute atomic E-state index is 10.2. The van der Waals surface area contributed by atoms with Gasteiger partial charge in [-0.3, -0.25) is 9.88 Å². The third-order valence-electron chi connectivity index (χ3n) is 3.24. The van der Waals surface area contributed by atoms with E-state index in [1.165, 1.54) is 0 Å². The van der Waals surface area contributed by atoms with Gasteiger partial charge in [0, 0.05) is 12.7 Å². The van der Waals surface area contributed by atoms with Crippen LogP contribution in [0.25, 0.3) is 11.4 Å². The number of aliphatic hydroxyl groups excluding tert-OH is 1. The van der Waals surface area contributed by atoms with E-state index in [-0.39, 0.29) is 0 Å². The van der Waals surface area contributed by atoms with E-state index in [0.717, 1.165) is 18.5 Å². The SMILES string of the molecule is CN1CCCOc2cnccc2-c2ncc([nH]2)C1O. The highest BCUT2D eigenvalue weighted by Gasteiger charge is 2.19. The second kappa shape index (κ2) is 4.99. The molecule has 1 aliphatic rings. The van der Waals surface area contributed by atoms with Crippen molar-refractivity contribution >= 4 is 0 Å². The summed E-state index contributed by atoms with van der Waals surface area (Å²) in [7, 11) is 1.87. The zero-order valence-corrected chi connectivity index (χ0v) is 10.7. The number of aliphatic hydroxyl groups is 1. The van der Waals surface area contributed by atoms with Crippen molar-refractivity contribution in [3.8, 4) is 17.1 Å². The number of rotatable bonds is 0. The quantitative estimate of drug-likeness (QED) is 0.744. The normalized spacial score (nSPS) is 20.2. The molecule has 3 heterocycles. The van der Waals surface area contributed by atoms with E-state index < -0.39 is 6.23 Å². The molecule has 0 aromatic carbocycles. The molecule has 3 rings (SSSR count). The standard InChI is InChI=1S/C13H16N4O2/c1-17-5-2-6-19-11-8-14-4-3-9(11)12-15-7-10(16-12)13(17)18/h3-4,7-8,13,18H,2,5-6H2,1H3,(H,15,16). The molecular formula is C13H16N4O2. The van der Waals surface area contributed by atoms with Crippen molar-refractivity contribution in [2.45, 2.75) is 12.6 Å². The monoisotopic (exact) mass is 260 g/mol. The maximum atomic E-state index is 10.2. The number of aromatic nitrogens is 3. The molecule has 2 aromatic heterocycles. The van der Waals surface area contributed by atoms with Crippen molar-refractivity contribution < 1.29 is 9.84 Å². The fraction of sp³-hybridized carbons (Fsp3) is 0.385. The Bertz CT molecular complexity index is 569. The molecule has 0 amide bonds. The molecule has 6 nitrogen and oxygen atoms in total. The summed E-state index contributed by atoms with van der Waals surface area (Å²) in [5.74, 6) is 1.39. The van der Waals surface area contributed by atoms with Crippen LogP contribution in [0, 0.1) is 0 Å². The second-order valence-electron chi connectivity index (χ2n) is 4.62. The molecule has 100 valence electrons. The Hall–Kier alpha value is -1.92. The second-order valence-corrected chi connectivity index (χ2v) is 4.62. The van der Waals surface area contributed by atoms with E-state index in [1.54, 1.807) is 18.6 Å². The van der Waals surface area contributed by atoms with Crippen LogP contribution in [0.3, 0.4) is 0 Å². The smallest absolute Gasteiger partial charge is 0.149 e. The van der Waals surface area contributed by atoms with E-state index in [0.29, 0.717) is 23.9 Å². The predicted octanol–water partition coefficient (Wildman–Crippen LogP) is 1.18. The van der Waals surface area contributed by atoms with Gasteiger partial charge < -0.3 is 14.8 Å². The minimum atomic E-state index is -0.676. The number of imidazole rings is 1. The molecule has 19 heavy (non-hydrogen) atoms. The number of pyridine rings is 1. The molecule has 1 aliphatic heterocycles. The Morgan fingerprint density at radius 2 is 2.37 bits per heavy atom. The van der Waals surface area contributed by atoms with Gasteiger partial charge in [-0.05, 0) is 19.5 Å². The van der Waals surface area contributed by atoms with Gasteiger partial charge in [0.05, 0.1) is 30.3 Å². The Kier molecular flexibility index (Phi) is 3.18. The molecule has 0 fully saturated rings. The summed E-state index contributed by atoms with van der Waals surface area (Å²) in [4.78, 5) is 13.4. The molecule has 2 bridgehead atoms. The molecular weight excluding hydrogens is 244 g/mol. The first-order chi connectivity index (χ1) is 9.25. The summed E-state index contributed by atoms with van der Waals surface area (Å²) in [5.41, 5.74) is 1.54. The van der Waals surface area contributed by atoms with E-state index in [4.69, 9.17) is 4.74 Å². The zero-order valence-electron chi connectivity index (χ0n) is 10.7. The lowest BCUT2D eigenvalue weighted by Gasteiger charge is -2.21. The van der Waals surface area contributed by atoms with Crippen LogP contribution >= 0.6 is 0 Å². The van der Waals surface area contributed by atoms with Crippen molar-refractivity contribution in [3.05, 3.63) is 30.4 Å². The average molecular weight is 260 g/mol. The van der Waals surface area contributed by atoms with E-state index in [2.05, 4.69) is 15.0 Å². The van der Waals surface area contributed by atoms with Crippen molar-refractivity contribution in [1.29, 1.82) is 0 Å². The van der Waals surface area contributed by atoms with E-state index in [9.17, 15) is 5.11 Å². The predicted molar refractivity (Wildman–Crippen MR) is 69.5 cm³/mol. The minimum Gasteiger partial charge on any atom is -0.491 e. The van der Waals surface area contributed by atoms with Crippen molar-refractivity contribution in [2.75, 3.05) is 20.2 Å². The van der Waals surface area contributed by atoms with Crippen LogP contribution in [0.5, 0.6) is 5.75 Å². The number of aromatic amines is 1. The highest BCUT2D eigenvalue weighted by atomic mass is 16.5. The molecule has 0 saturated heterocycles. The highest BCUT2D eigenvalue weighted by molar-refractivity contribution is 5.63. The molecule has 0 spiro atoms. The van der Waals surface area contributed by atoms with Crippen LogP contribution < -0.4 is 4.74 Å². The van der Waals surface area contributed by atoms with Gasteiger partial charge in [0.15, 0.2) is 0 Å². The lowest BCUT2D eigenvalue weighted by molar-refractivity contribution is 0.0151. The first kappa shape index (κ1) is 12.1. The molecule has 0 saturated carbocycles. The van der Waals surface area contributed by atoms with Gasteiger partial charge in [-0.2, -0.15) is 0 Å². The number of nitrogens with zero attached hydrogens (tertiary/aromatic N) is 3. The van der Waals surface area contributed by atoms with Gasteiger partial charge >= 0.3 is 0 Å². The number of ether oxygens (including phenoxy) is 1. The van der Waals surface area contributed by atoms with Crippen LogP contribution in [-0.2, 0) is 0 Å². The van der Waals surface area contributed by atoms with Crippen LogP contribution in [0.2, 0.25) is 0 Å². The van der Waals surface area contributed by atoms with Gasteiger partial charge in [-0.1, -0.05) is 0 Å². The summed E-state index contributed by atoms with van der Waals surface area (Å²) < 4.78 is 5.74. The topological polar surface area (TPSA) is 74.3 Å². The first-order valence-electron chi connectivity index (χ1n) is 6.26. The molecule has 6 heteroatoms. The van der Waals surface area contributed by atoms with Crippen LogP contribution in [0.15, 0.2) is 24.7 Å².